The number of ketones is 2. The number of rotatable bonds is 5. The van der Waals surface area contributed by atoms with Gasteiger partial charge in [-0.05, 0) is 50.8 Å². The fraction of sp³-hybridized carbons (Fsp3) is 0.308. The van der Waals surface area contributed by atoms with Crippen LogP contribution in [0.3, 0.4) is 0 Å². The zero-order valence-electron chi connectivity index (χ0n) is 18.0. The SMILES string of the molecule is C=C1CCC(n2c(C)nc3cccc(CCC(=O)c4cccc(C)c4)c3c2=O)C(=O)C1. The van der Waals surface area contributed by atoms with E-state index >= 15 is 0 Å². The lowest BCUT2D eigenvalue weighted by molar-refractivity contribution is -0.122. The summed E-state index contributed by atoms with van der Waals surface area (Å²) in [6, 6.07) is 12.6. The first-order valence-electron chi connectivity index (χ1n) is 10.6. The number of fused-ring (bicyclic) bond motifs is 1. The Morgan fingerprint density at radius 3 is 2.68 bits per heavy atom. The van der Waals surface area contributed by atoms with Gasteiger partial charge in [0.1, 0.15) is 5.82 Å². The summed E-state index contributed by atoms with van der Waals surface area (Å²) in [5.41, 5.74) is 3.82. The second-order valence-electron chi connectivity index (χ2n) is 8.39. The predicted octanol–water partition coefficient (Wildman–Crippen LogP) is 4.68. The molecule has 0 spiro atoms. The summed E-state index contributed by atoms with van der Waals surface area (Å²) in [7, 11) is 0. The number of hydrogen-bond donors (Lipinski definition) is 0. The maximum absolute atomic E-state index is 13.5. The monoisotopic (exact) mass is 414 g/mol. The Kier molecular flexibility index (Phi) is 5.68. The van der Waals surface area contributed by atoms with Crippen molar-refractivity contribution in [2.24, 2.45) is 0 Å². The first kappa shape index (κ1) is 20.9. The third-order valence-corrected chi connectivity index (χ3v) is 6.03. The lowest BCUT2D eigenvalue weighted by atomic mass is 9.90. The van der Waals surface area contributed by atoms with Crippen LogP contribution in [0.4, 0.5) is 0 Å². The van der Waals surface area contributed by atoms with Gasteiger partial charge in [-0.3, -0.25) is 19.0 Å². The molecule has 1 aliphatic rings. The fourth-order valence-corrected chi connectivity index (χ4v) is 4.44. The third-order valence-electron chi connectivity index (χ3n) is 6.03. The van der Waals surface area contributed by atoms with Gasteiger partial charge in [0, 0.05) is 18.4 Å². The Morgan fingerprint density at radius 1 is 1.16 bits per heavy atom. The summed E-state index contributed by atoms with van der Waals surface area (Å²) >= 11 is 0. The van der Waals surface area contributed by atoms with E-state index in [1.807, 2.05) is 49.4 Å². The molecule has 0 aliphatic heterocycles. The standard InChI is InChI=1S/C26H26N2O3/c1-16-6-4-8-20(14-16)23(29)13-11-19-7-5-9-21-25(19)26(31)28(18(3)27-21)22-12-10-17(2)15-24(22)30/h4-9,14,22H,2,10-13,15H2,1,3H3. The van der Waals surface area contributed by atoms with Gasteiger partial charge in [0.15, 0.2) is 11.6 Å². The van der Waals surface area contributed by atoms with E-state index in [1.54, 1.807) is 11.5 Å². The van der Waals surface area contributed by atoms with Crippen molar-refractivity contribution in [3.05, 3.63) is 87.5 Å². The molecule has 31 heavy (non-hydrogen) atoms. The van der Waals surface area contributed by atoms with E-state index in [0.29, 0.717) is 48.0 Å². The Bertz CT molecular complexity index is 1270. The van der Waals surface area contributed by atoms with Crippen LogP contribution in [0.2, 0.25) is 0 Å². The molecular formula is C26H26N2O3. The number of allylic oxidation sites excluding steroid dienone is 1. The quantitative estimate of drug-likeness (QED) is 0.449. The zero-order valence-corrected chi connectivity index (χ0v) is 18.0. The number of nitrogens with zero attached hydrogens (tertiary/aromatic N) is 2. The van der Waals surface area contributed by atoms with Crippen molar-refractivity contribution >= 4 is 22.5 Å². The Balaban J connectivity index is 1.70. The van der Waals surface area contributed by atoms with Gasteiger partial charge in [-0.25, -0.2) is 4.98 Å². The largest absolute Gasteiger partial charge is 0.297 e. The van der Waals surface area contributed by atoms with Crippen molar-refractivity contribution in [3.63, 3.8) is 0 Å². The first-order chi connectivity index (χ1) is 14.8. The molecule has 5 nitrogen and oxygen atoms in total. The van der Waals surface area contributed by atoms with E-state index in [9.17, 15) is 14.4 Å². The normalized spacial score (nSPS) is 16.6. The summed E-state index contributed by atoms with van der Waals surface area (Å²) in [5, 5.41) is 0.502. The van der Waals surface area contributed by atoms with Crippen LogP contribution < -0.4 is 5.56 Å². The fourth-order valence-electron chi connectivity index (χ4n) is 4.44. The second kappa shape index (κ2) is 8.42. The van der Waals surface area contributed by atoms with Gasteiger partial charge in [0.25, 0.3) is 5.56 Å². The van der Waals surface area contributed by atoms with Crippen LogP contribution in [-0.4, -0.2) is 21.1 Å². The van der Waals surface area contributed by atoms with E-state index in [2.05, 4.69) is 11.6 Å². The molecule has 4 rings (SSSR count). The predicted molar refractivity (Wildman–Crippen MR) is 122 cm³/mol. The van der Waals surface area contributed by atoms with Crippen molar-refractivity contribution in [2.45, 2.75) is 52.0 Å². The van der Waals surface area contributed by atoms with Gasteiger partial charge >= 0.3 is 0 Å². The molecule has 5 heteroatoms. The molecule has 1 aromatic heterocycles. The molecule has 1 heterocycles. The Morgan fingerprint density at radius 2 is 1.94 bits per heavy atom. The molecule has 0 saturated heterocycles. The summed E-state index contributed by atoms with van der Waals surface area (Å²) in [6.45, 7) is 7.64. The molecule has 2 aromatic carbocycles. The molecule has 3 aromatic rings. The van der Waals surface area contributed by atoms with Crippen LogP contribution in [0.15, 0.2) is 59.4 Å². The van der Waals surface area contributed by atoms with Crippen molar-refractivity contribution in [1.29, 1.82) is 0 Å². The summed E-state index contributed by atoms with van der Waals surface area (Å²) < 4.78 is 1.54. The molecule has 0 bridgehead atoms. The van der Waals surface area contributed by atoms with Gasteiger partial charge < -0.3 is 0 Å². The second-order valence-corrected chi connectivity index (χ2v) is 8.39. The summed E-state index contributed by atoms with van der Waals surface area (Å²) in [5.74, 6) is 0.591. The highest BCUT2D eigenvalue weighted by Crippen LogP contribution is 2.28. The highest BCUT2D eigenvalue weighted by atomic mass is 16.1. The molecule has 1 saturated carbocycles. The third kappa shape index (κ3) is 4.13. The van der Waals surface area contributed by atoms with Crippen LogP contribution in [0.25, 0.3) is 10.9 Å². The molecule has 0 amide bonds. The van der Waals surface area contributed by atoms with Gasteiger partial charge in [-0.1, -0.05) is 48.0 Å². The first-order valence-corrected chi connectivity index (χ1v) is 10.6. The van der Waals surface area contributed by atoms with Crippen LogP contribution in [0.5, 0.6) is 0 Å². The lowest BCUT2D eigenvalue weighted by Gasteiger charge is -2.26. The number of carbonyl (C=O) groups excluding carboxylic acids is 2. The topological polar surface area (TPSA) is 69.0 Å². The minimum absolute atomic E-state index is 0.00899. The average molecular weight is 415 g/mol. The smallest absolute Gasteiger partial charge is 0.262 e. The van der Waals surface area contributed by atoms with Gasteiger partial charge in [0.2, 0.25) is 0 Å². The van der Waals surface area contributed by atoms with Gasteiger partial charge in [-0.15, -0.1) is 0 Å². The van der Waals surface area contributed by atoms with Crippen molar-refractivity contribution in [2.75, 3.05) is 0 Å². The minimum atomic E-state index is -0.503. The average Bonchev–Trinajstić information content (AvgIpc) is 2.73. The number of aryl methyl sites for hydroxylation is 3. The number of benzene rings is 2. The van der Waals surface area contributed by atoms with E-state index < -0.39 is 6.04 Å². The minimum Gasteiger partial charge on any atom is -0.297 e. The van der Waals surface area contributed by atoms with Gasteiger partial charge in [-0.2, -0.15) is 0 Å². The number of carbonyl (C=O) groups is 2. The van der Waals surface area contributed by atoms with Crippen LogP contribution in [0.1, 0.15) is 59.0 Å². The van der Waals surface area contributed by atoms with E-state index in [1.165, 1.54) is 0 Å². The molecule has 0 N–H and O–H groups in total. The van der Waals surface area contributed by atoms with Crippen molar-refractivity contribution in [1.82, 2.24) is 9.55 Å². The molecule has 1 fully saturated rings. The Hall–Kier alpha value is -3.34. The molecule has 1 atom stereocenters. The zero-order chi connectivity index (χ0) is 22.1. The van der Waals surface area contributed by atoms with E-state index in [0.717, 1.165) is 23.1 Å². The Labute approximate surface area is 181 Å². The molecule has 158 valence electrons. The molecule has 1 aliphatic carbocycles. The van der Waals surface area contributed by atoms with E-state index in [-0.39, 0.29) is 17.1 Å². The highest BCUT2D eigenvalue weighted by molar-refractivity contribution is 5.96. The summed E-state index contributed by atoms with van der Waals surface area (Å²) in [6.07, 6.45) is 2.35. The number of hydrogen-bond acceptors (Lipinski definition) is 4. The van der Waals surface area contributed by atoms with Crippen LogP contribution in [0, 0.1) is 13.8 Å². The van der Waals surface area contributed by atoms with Gasteiger partial charge in [0.05, 0.1) is 16.9 Å². The molecular weight excluding hydrogens is 388 g/mol. The van der Waals surface area contributed by atoms with E-state index in [4.69, 9.17) is 0 Å². The maximum atomic E-state index is 13.5. The number of Topliss-reactive ketones (excluding diaryl/α,β-unsaturated/α-hetero) is 2. The maximum Gasteiger partial charge on any atom is 0.262 e. The number of aromatic nitrogens is 2. The molecule has 0 radical (unpaired) electrons. The van der Waals surface area contributed by atoms with Crippen molar-refractivity contribution < 1.29 is 9.59 Å². The van der Waals surface area contributed by atoms with Crippen LogP contribution in [-0.2, 0) is 11.2 Å². The van der Waals surface area contributed by atoms with Crippen molar-refractivity contribution in [3.8, 4) is 0 Å². The lowest BCUT2D eigenvalue weighted by Crippen LogP contribution is -2.35. The summed E-state index contributed by atoms with van der Waals surface area (Å²) in [4.78, 5) is 43.5. The van der Waals surface area contributed by atoms with Crippen LogP contribution >= 0.6 is 0 Å². The molecule has 1 unspecified atom stereocenters. The highest BCUT2D eigenvalue weighted by Gasteiger charge is 2.28.